The molecule has 6 nitrogen and oxygen atoms in total. The quantitative estimate of drug-likeness (QED) is 0.778. The molecule has 0 aliphatic rings. The van der Waals surface area contributed by atoms with Crippen molar-refractivity contribution < 1.29 is 24.2 Å². The Labute approximate surface area is 121 Å². The van der Waals surface area contributed by atoms with Crippen molar-refractivity contribution in [1.29, 1.82) is 0 Å². The summed E-state index contributed by atoms with van der Waals surface area (Å²) in [7, 11) is 0. The van der Waals surface area contributed by atoms with Crippen molar-refractivity contribution in [3.63, 3.8) is 0 Å². The minimum atomic E-state index is -1.13. The third-order valence-corrected chi connectivity index (χ3v) is 2.97. The van der Waals surface area contributed by atoms with E-state index in [2.05, 4.69) is 5.32 Å². The number of carbonyl (C=O) groups excluding carboxylic acids is 1. The van der Waals surface area contributed by atoms with Gasteiger partial charge in [0, 0.05) is 6.42 Å². The number of aryl methyl sites for hydroxylation is 1. The largest absolute Gasteiger partial charge is 0.508 e. The van der Waals surface area contributed by atoms with Crippen LogP contribution in [0.1, 0.15) is 21.7 Å². The van der Waals surface area contributed by atoms with E-state index in [0.29, 0.717) is 11.3 Å². The first-order valence-corrected chi connectivity index (χ1v) is 6.32. The lowest BCUT2D eigenvalue weighted by molar-refractivity contribution is -0.139. The number of benzene rings is 1. The van der Waals surface area contributed by atoms with Crippen LogP contribution in [0.15, 0.2) is 41.0 Å². The van der Waals surface area contributed by atoms with E-state index in [4.69, 9.17) is 4.42 Å². The molecule has 0 aliphatic heterocycles. The van der Waals surface area contributed by atoms with Crippen LogP contribution in [-0.2, 0) is 11.2 Å². The molecule has 2 rings (SSSR count). The molecule has 0 saturated heterocycles. The fourth-order valence-electron chi connectivity index (χ4n) is 1.87. The van der Waals surface area contributed by atoms with Crippen LogP contribution >= 0.6 is 0 Å². The van der Waals surface area contributed by atoms with Gasteiger partial charge in [-0.15, -0.1) is 0 Å². The van der Waals surface area contributed by atoms with Gasteiger partial charge in [-0.05, 0) is 30.7 Å². The maximum Gasteiger partial charge on any atom is 0.326 e. The third kappa shape index (κ3) is 3.85. The number of aliphatic carboxylic acids is 1. The van der Waals surface area contributed by atoms with Crippen molar-refractivity contribution in [2.24, 2.45) is 0 Å². The maximum atomic E-state index is 11.9. The van der Waals surface area contributed by atoms with Gasteiger partial charge in [-0.1, -0.05) is 12.1 Å². The molecule has 6 heteroatoms. The van der Waals surface area contributed by atoms with Crippen molar-refractivity contribution in [3.05, 3.63) is 53.5 Å². The fraction of sp³-hybridized carbons (Fsp3) is 0.200. The second-order valence-electron chi connectivity index (χ2n) is 4.68. The summed E-state index contributed by atoms with van der Waals surface area (Å²) in [4.78, 5) is 23.2. The molecule has 0 aliphatic carbocycles. The Morgan fingerprint density at radius 2 is 1.95 bits per heavy atom. The minimum absolute atomic E-state index is 0.100. The van der Waals surface area contributed by atoms with Crippen molar-refractivity contribution in [3.8, 4) is 5.75 Å². The lowest BCUT2D eigenvalue weighted by Crippen LogP contribution is -2.42. The molecule has 3 N–H and O–H groups in total. The number of hydrogen-bond donors (Lipinski definition) is 3. The summed E-state index contributed by atoms with van der Waals surface area (Å²) in [6.45, 7) is 1.70. The van der Waals surface area contributed by atoms with Crippen molar-refractivity contribution in [1.82, 2.24) is 5.32 Å². The van der Waals surface area contributed by atoms with Crippen LogP contribution in [0.5, 0.6) is 5.75 Å². The van der Waals surface area contributed by atoms with E-state index < -0.39 is 17.9 Å². The van der Waals surface area contributed by atoms with Gasteiger partial charge in [0.1, 0.15) is 23.8 Å². The first-order chi connectivity index (χ1) is 9.95. The van der Waals surface area contributed by atoms with Crippen LogP contribution in [0.2, 0.25) is 0 Å². The highest BCUT2D eigenvalue weighted by Crippen LogP contribution is 2.12. The molecule has 1 heterocycles. The van der Waals surface area contributed by atoms with E-state index >= 15 is 0 Å². The van der Waals surface area contributed by atoms with Crippen LogP contribution in [-0.4, -0.2) is 28.1 Å². The van der Waals surface area contributed by atoms with Crippen molar-refractivity contribution in [2.75, 3.05) is 0 Å². The molecule has 1 aromatic carbocycles. The molecule has 1 atom stereocenters. The van der Waals surface area contributed by atoms with E-state index in [9.17, 15) is 19.8 Å². The molecule has 1 amide bonds. The van der Waals surface area contributed by atoms with Crippen LogP contribution < -0.4 is 5.32 Å². The number of amides is 1. The molecule has 0 radical (unpaired) electrons. The van der Waals surface area contributed by atoms with Gasteiger partial charge in [0.05, 0.1) is 5.56 Å². The zero-order chi connectivity index (χ0) is 15.4. The highest BCUT2D eigenvalue weighted by molar-refractivity contribution is 5.96. The van der Waals surface area contributed by atoms with Crippen LogP contribution in [0.4, 0.5) is 0 Å². The zero-order valence-electron chi connectivity index (χ0n) is 11.4. The number of carbonyl (C=O) groups is 2. The average molecular weight is 289 g/mol. The summed E-state index contributed by atoms with van der Waals surface area (Å²) >= 11 is 0. The highest BCUT2D eigenvalue weighted by atomic mass is 16.4. The zero-order valence-corrected chi connectivity index (χ0v) is 11.4. The van der Waals surface area contributed by atoms with E-state index in [1.54, 1.807) is 19.1 Å². The van der Waals surface area contributed by atoms with Gasteiger partial charge in [0.2, 0.25) is 0 Å². The number of furan rings is 1. The number of phenolic OH excluding ortho intramolecular Hbond substituents is 1. The molecular formula is C15H15NO5. The Bertz CT molecular complexity index is 644. The monoisotopic (exact) mass is 289 g/mol. The normalized spacial score (nSPS) is 11.9. The Morgan fingerprint density at radius 1 is 1.29 bits per heavy atom. The molecule has 0 fully saturated rings. The number of aromatic hydroxyl groups is 1. The number of rotatable bonds is 5. The Balaban J connectivity index is 2.07. The summed E-state index contributed by atoms with van der Waals surface area (Å²) in [5.74, 6) is -0.955. The number of phenols is 1. The number of carboxylic acid groups (broad SMARTS) is 1. The van der Waals surface area contributed by atoms with Gasteiger partial charge in [-0.3, -0.25) is 4.79 Å². The second-order valence-corrected chi connectivity index (χ2v) is 4.68. The molecule has 110 valence electrons. The van der Waals surface area contributed by atoms with E-state index in [0.717, 1.165) is 0 Å². The first-order valence-electron chi connectivity index (χ1n) is 6.32. The maximum absolute atomic E-state index is 11.9. The van der Waals surface area contributed by atoms with Gasteiger partial charge >= 0.3 is 5.97 Å². The number of carboxylic acids is 1. The molecule has 0 bridgehead atoms. The number of hydrogen-bond acceptors (Lipinski definition) is 4. The molecular weight excluding hydrogens is 274 g/mol. The predicted molar refractivity (Wildman–Crippen MR) is 74.1 cm³/mol. The smallest absolute Gasteiger partial charge is 0.326 e. The van der Waals surface area contributed by atoms with Crippen molar-refractivity contribution in [2.45, 2.75) is 19.4 Å². The molecule has 1 aromatic heterocycles. The Hall–Kier alpha value is -2.76. The Morgan fingerprint density at radius 3 is 2.48 bits per heavy atom. The van der Waals surface area contributed by atoms with E-state index in [-0.39, 0.29) is 17.7 Å². The molecule has 21 heavy (non-hydrogen) atoms. The molecule has 0 unspecified atom stereocenters. The summed E-state index contributed by atoms with van der Waals surface area (Å²) in [6, 6.07) is 6.64. The lowest BCUT2D eigenvalue weighted by Gasteiger charge is -2.14. The van der Waals surface area contributed by atoms with E-state index in [1.165, 1.54) is 24.5 Å². The lowest BCUT2D eigenvalue weighted by atomic mass is 10.1. The van der Waals surface area contributed by atoms with E-state index in [1.807, 2.05) is 0 Å². The topological polar surface area (TPSA) is 99.8 Å². The fourth-order valence-corrected chi connectivity index (χ4v) is 1.87. The van der Waals surface area contributed by atoms with Gasteiger partial charge < -0.3 is 19.9 Å². The molecule has 0 spiro atoms. The molecule has 2 aromatic rings. The van der Waals surface area contributed by atoms with Gasteiger partial charge in [-0.25, -0.2) is 4.79 Å². The van der Waals surface area contributed by atoms with Crippen LogP contribution in [0, 0.1) is 6.92 Å². The van der Waals surface area contributed by atoms with Gasteiger partial charge in [-0.2, -0.15) is 0 Å². The predicted octanol–water partition coefficient (Wildman–Crippen LogP) is 1.72. The van der Waals surface area contributed by atoms with Crippen molar-refractivity contribution >= 4 is 11.9 Å². The average Bonchev–Trinajstić information content (AvgIpc) is 2.87. The minimum Gasteiger partial charge on any atom is -0.508 e. The van der Waals surface area contributed by atoms with Gasteiger partial charge in [0.25, 0.3) is 5.91 Å². The standard InChI is InChI=1S/C15H15NO5/c1-9-6-11(8-21-9)14(18)16-13(15(19)20)7-10-2-4-12(17)5-3-10/h2-6,8,13,17H,7H2,1H3,(H,16,18)(H,19,20)/t13-/m1/s1. The SMILES string of the molecule is Cc1cc(C(=O)N[C@H](Cc2ccc(O)cc2)C(=O)O)co1. The summed E-state index contributed by atoms with van der Waals surface area (Å²) in [5, 5.41) is 20.9. The van der Waals surface area contributed by atoms with Crippen LogP contribution in [0.3, 0.4) is 0 Å². The highest BCUT2D eigenvalue weighted by Gasteiger charge is 2.21. The third-order valence-electron chi connectivity index (χ3n) is 2.97. The summed E-state index contributed by atoms with van der Waals surface area (Å²) in [6.07, 6.45) is 1.41. The first kappa shape index (κ1) is 14.6. The summed E-state index contributed by atoms with van der Waals surface area (Å²) < 4.78 is 5.02. The molecule has 0 saturated carbocycles. The Kier molecular flexibility index (Phi) is 4.27. The second kappa shape index (κ2) is 6.13. The number of nitrogens with one attached hydrogen (secondary N) is 1. The summed E-state index contributed by atoms with van der Waals surface area (Å²) in [5.41, 5.74) is 0.980. The van der Waals surface area contributed by atoms with Crippen LogP contribution in [0.25, 0.3) is 0 Å². The van der Waals surface area contributed by atoms with Gasteiger partial charge in [0.15, 0.2) is 0 Å².